The van der Waals surface area contributed by atoms with Crippen molar-refractivity contribution in [2.75, 3.05) is 7.11 Å². The number of allylic oxidation sites excluding steroid dienone is 1. The number of methoxy groups -OCH3 is 1. The highest BCUT2D eigenvalue weighted by Gasteiger charge is 2.41. The predicted molar refractivity (Wildman–Crippen MR) is 126 cm³/mol. The molecular weight excluding hydrogens is 458 g/mol. The number of fused-ring (bicyclic) bond motifs is 1. The molecular formula is C23H21N5O5S. The lowest BCUT2D eigenvalue weighted by atomic mass is 9.93. The number of carbonyl (C=O) groups is 2. The number of hydrogen-bond donors (Lipinski definition) is 1. The molecule has 0 aliphatic carbocycles. The molecule has 0 saturated carbocycles. The Bertz CT molecular complexity index is 1240. The van der Waals surface area contributed by atoms with Crippen molar-refractivity contribution >= 4 is 34.5 Å². The normalized spacial score (nSPS) is 17.0. The van der Waals surface area contributed by atoms with Crippen LogP contribution in [0.5, 0.6) is 0 Å². The molecule has 2 aliphatic heterocycles. The molecule has 1 atom stereocenters. The van der Waals surface area contributed by atoms with Crippen LogP contribution in [0.4, 0.5) is 5.69 Å². The number of hydrogen-bond acceptors (Lipinski definition) is 9. The van der Waals surface area contributed by atoms with Gasteiger partial charge in [0.2, 0.25) is 5.91 Å². The molecule has 0 radical (unpaired) electrons. The molecule has 11 heteroatoms. The summed E-state index contributed by atoms with van der Waals surface area (Å²) < 4.78 is 5.00. The number of pyridine rings is 1. The third-order valence-corrected chi connectivity index (χ3v) is 6.27. The van der Waals surface area contributed by atoms with E-state index in [1.54, 1.807) is 36.4 Å². The fourth-order valence-corrected chi connectivity index (χ4v) is 4.76. The van der Waals surface area contributed by atoms with E-state index in [4.69, 9.17) is 4.74 Å². The molecule has 34 heavy (non-hydrogen) atoms. The molecule has 2 aromatic rings. The number of ether oxygens (including phenoxy) is 1. The van der Waals surface area contributed by atoms with Gasteiger partial charge in [0, 0.05) is 36.8 Å². The van der Waals surface area contributed by atoms with Crippen molar-refractivity contribution in [3.05, 3.63) is 92.4 Å². The van der Waals surface area contributed by atoms with Crippen LogP contribution in [-0.2, 0) is 20.9 Å². The number of nitro groups is 1. The summed E-state index contributed by atoms with van der Waals surface area (Å²) in [6.45, 7) is 2.05. The minimum Gasteiger partial charge on any atom is -0.466 e. The summed E-state index contributed by atoms with van der Waals surface area (Å²) >= 11 is 1.33. The van der Waals surface area contributed by atoms with Crippen molar-refractivity contribution in [2.45, 2.75) is 25.9 Å². The zero-order valence-electron chi connectivity index (χ0n) is 18.4. The van der Waals surface area contributed by atoms with Gasteiger partial charge in [-0.3, -0.25) is 19.9 Å². The highest BCUT2D eigenvalue weighted by Crippen LogP contribution is 2.45. The second kappa shape index (κ2) is 9.87. The lowest BCUT2D eigenvalue weighted by Gasteiger charge is -2.36. The SMILES string of the molecule is COC(=O)C1=C(C)N=C2SC=C(CC(=O)NCc3ccncc3)N2[C@H]1c1cccc([N+](=O)[O-])c1. The number of nitrogens with zero attached hydrogens (tertiary/aromatic N) is 4. The maximum absolute atomic E-state index is 12.7. The fraction of sp³-hybridized carbons (Fsp3) is 0.217. The Hall–Kier alpha value is -3.99. The lowest BCUT2D eigenvalue weighted by Crippen LogP contribution is -2.37. The van der Waals surface area contributed by atoms with E-state index < -0.39 is 16.9 Å². The highest BCUT2D eigenvalue weighted by molar-refractivity contribution is 8.16. The maximum atomic E-state index is 12.7. The van der Waals surface area contributed by atoms with E-state index in [0.29, 0.717) is 28.7 Å². The van der Waals surface area contributed by atoms with E-state index in [2.05, 4.69) is 15.3 Å². The van der Waals surface area contributed by atoms with Crippen molar-refractivity contribution < 1.29 is 19.2 Å². The molecule has 0 bridgehead atoms. The number of amidine groups is 1. The Morgan fingerprint density at radius 3 is 2.74 bits per heavy atom. The number of nitro benzene ring substituents is 1. The molecule has 4 rings (SSSR count). The predicted octanol–water partition coefficient (Wildman–Crippen LogP) is 3.44. The van der Waals surface area contributed by atoms with Gasteiger partial charge in [-0.1, -0.05) is 23.9 Å². The first-order chi connectivity index (χ1) is 16.4. The Labute approximate surface area is 199 Å². The second-order valence-corrected chi connectivity index (χ2v) is 8.38. The highest BCUT2D eigenvalue weighted by atomic mass is 32.2. The van der Waals surface area contributed by atoms with Gasteiger partial charge in [-0.05, 0) is 35.6 Å². The Kier molecular flexibility index (Phi) is 6.73. The number of non-ortho nitro benzene ring substituents is 1. The zero-order chi connectivity index (χ0) is 24.2. The van der Waals surface area contributed by atoms with Crippen LogP contribution in [0.3, 0.4) is 0 Å². The zero-order valence-corrected chi connectivity index (χ0v) is 19.2. The maximum Gasteiger partial charge on any atom is 0.338 e. The molecule has 174 valence electrons. The van der Waals surface area contributed by atoms with Crippen molar-refractivity contribution in [3.63, 3.8) is 0 Å². The molecule has 0 fully saturated rings. The first-order valence-corrected chi connectivity index (χ1v) is 11.2. The van der Waals surface area contributed by atoms with Crippen LogP contribution >= 0.6 is 11.8 Å². The molecule has 1 amide bonds. The molecule has 3 heterocycles. The quantitative estimate of drug-likeness (QED) is 0.363. The van der Waals surface area contributed by atoms with Gasteiger partial charge >= 0.3 is 5.97 Å². The number of aromatic nitrogens is 1. The minimum atomic E-state index is -0.728. The van der Waals surface area contributed by atoms with Gasteiger partial charge in [0.15, 0.2) is 5.17 Å². The van der Waals surface area contributed by atoms with E-state index >= 15 is 0 Å². The third kappa shape index (κ3) is 4.69. The van der Waals surface area contributed by atoms with Crippen LogP contribution in [0.15, 0.2) is 76.2 Å². The smallest absolute Gasteiger partial charge is 0.338 e. The van der Waals surface area contributed by atoms with E-state index in [-0.39, 0.29) is 23.6 Å². The molecule has 1 aromatic heterocycles. The van der Waals surface area contributed by atoms with Crippen LogP contribution in [0.1, 0.15) is 30.5 Å². The van der Waals surface area contributed by atoms with Crippen LogP contribution < -0.4 is 5.32 Å². The molecule has 10 nitrogen and oxygen atoms in total. The van der Waals surface area contributed by atoms with Gasteiger partial charge in [0.25, 0.3) is 5.69 Å². The molecule has 1 N–H and O–H groups in total. The first kappa shape index (κ1) is 23.2. The largest absolute Gasteiger partial charge is 0.466 e. The number of aliphatic imine (C=N–C) groups is 1. The van der Waals surface area contributed by atoms with Crippen LogP contribution in [0.25, 0.3) is 0 Å². The number of rotatable bonds is 7. The van der Waals surface area contributed by atoms with Crippen molar-refractivity contribution in [1.29, 1.82) is 0 Å². The fourth-order valence-electron chi connectivity index (χ4n) is 3.79. The number of carbonyl (C=O) groups excluding carboxylic acids is 2. The summed E-state index contributed by atoms with van der Waals surface area (Å²) in [6.07, 6.45) is 3.34. The van der Waals surface area contributed by atoms with Gasteiger partial charge in [-0.2, -0.15) is 0 Å². The average molecular weight is 480 g/mol. The van der Waals surface area contributed by atoms with Crippen LogP contribution in [0, 0.1) is 10.1 Å². The standard InChI is InChI=1S/C23H21N5O5S/c1-14-20(22(30)33-2)21(16-4-3-5-17(10-16)28(31)32)27-18(13-34-23(27)26-14)11-19(29)25-12-15-6-8-24-9-7-15/h3-10,13,21H,11-12H2,1-2H3,(H,25,29)/t21-/m0/s1. The summed E-state index contributed by atoms with van der Waals surface area (Å²) in [5.74, 6) is -0.802. The first-order valence-electron chi connectivity index (χ1n) is 10.3. The number of amides is 1. The average Bonchev–Trinajstić information content (AvgIpc) is 3.23. The van der Waals surface area contributed by atoms with E-state index in [0.717, 1.165) is 5.56 Å². The lowest BCUT2D eigenvalue weighted by molar-refractivity contribution is -0.384. The third-order valence-electron chi connectivity index (χ3n) is 5.38. The number of benzene rings is 1. The molecule has 1 aromatic carbocycles. The summed E-state index contributed by atoms with van der Waals surface area (Å²) in [7, 11) is 1.27. The summed E-state index contributed by atoms with van der Waals surface area (Å²) in [5, 5.41) is 16.7. The monoisotopic (exact) mass is 479 g/mol. The van der Waals surface area contributed by atoms with Gasteiger partial charge in [0.05, 0.1) is 35.8 Å². The number of esters is 1. The van der Waals surface area contributed by atoms with Gasteiger partial charge in [0.1, 0.15) is 0 Å². The Morgan fingerprint density at radius 2 is 2.03 bits per heavy atom. The summed E-state index contributed by atoms with van der Waals surface area (Å²) in [4.78, 5) is 46.6. The van der Waals surface area contributed by atoms with E-state index in [1.165, 1.54) is 31.0 Å². The van der Waals surface area contributed by atoms with Crippen molar-refractivity contribution in [3.8, 4) is 0 Å². The molecule has 2 aliphatic rings. The topological polar surface area (TPSA) is 127 Å². The van der Waals surface area contributed by atoms with Crippen LogP contribution in [0.2, 0.25) is 0 Å². The van der Waals surface area contributed by atoms with E-state index in [9.17, 15) is 19.7 Å². The minimum absolute atomic E-state index is 0.0377. The number of nitrogens with one attached hydrogen (secondary N) is 1. The summed E-state index contributed by atoms with van der Waals surface area (Å²) in [6, 6.07) is 8.99. The van der Waals surface area contributed by atoms with Gasteiger partial charge < -0.3 is 15.0 Å². The number of thioether (sulfide) groups is 1. The van der Waals surface area contributed by atoms with Crippen LogP contribution in [-0.4, -0.2) is 39.0 Å². The van der Waals surface area contributed by atoms with Gasteiger partial charge in [-0.25, -0.2) is 9.79 Å². The summed E-state index contributed by atoms with van der Waals surface area (Å²) in [5.41, 5.74) is 2.68. The van der Waals surface area contributed by atoms with Crippen molar-refractivity contribution in [1.82, 2.24) is 15.2 Å². The van der Waals surface area contributed by atoms with Crippen molar-refractivity contribution in [2.24, 2.45) is 4.99 Å². The Morgan fingerprint density at radius 1 is 1.26 bits per heavy atom. The molecule has 0 unspecified atom stereocenters. The Balaban J connectivity index is 1.64. The van der Waals surface area contributed by atoms with E-state index in [1.807, 2.05) is 17.5 Å². The molecule has 0 spiro atoms. The second-order valence-electron chi connectivity index (χ2n) is 7.55. The molecule has 0 saturated heterocycles. The van der Waals surface area contributed by atoms with Gasteiger partial charge in [-0.15, -0.1) is 0 Å².